The van der Waals surface area contributed by atoms with Crippen LogP contribution in [0.4, 0.5) is 0 Å². The molecule has 0 bridgehead atoms. The van der Waals surface area contributed by atoms with Gasteiger partial charge in [0.2, 0.25) is 15.9 Å². The van der Waals surface area contributed by atoms with Crippen LogP contribution < -0.4 is 10.1 Å². The number of hydrogen-bond acceptors (Lipinski definition) is 4. The second-order valence-corrected chi connectivity index (χ2v) is 10.4. The number of hydrogen-bond donors (Lipinski definition) is 1. The van der Waals surface area contributed by atoms with Gasteiger partial charge in [0.05, 0.1) is 24.6 Å². The molecule has 1 N–H and O–H groups in total. The van der Waals surface area contributed by atoms with E-state index in [1.807, 2.05) is 61.5 Å². The largest absolute Gasteiger partial charge is 0.497 e. The lowest BCUT2D eigenvalue weighted by Gasteiger charge is -2.23. The van der Waals surface area contributed by atoms with Crippen LogP contribution in [-0.2, 0) is 21.2 Å². The molecule has 3 rings (SSSR count). The van der Waals surface area contributed by atoms with Crippen molar-refractivity contribution in [2.24, 2.45) is 0 Å². The van der Waals surface area contributed by atoms with Gasteiger partial charge in [-0.15, -0.1) is 0 Å². The zero-order chi connectivity index (χ0) is 23.8. The van der Waals surface area contributed by atoms with Crippen molar-refractivity contribution in [2.45, 2.75) is 24.3 Å². The molecule has 0 spiro atoms. The first-order chi connectivity index (χ1) is 15.8. The lowest BCUT2D eigenvalue weighted by Crippen LogP contribution is -2.42. The van der Waals surface area contributed by atoms with Crippen LogP contribution in [0, 0.1) is 0 Å². The summed E-state index contributed by atoms with van der Waals surface area (Å²) in [6, 6.07) is 23.1. The Bertz CT molecular complexity index is 1150. The van der Waals surface area contributed by atoms with Crippen molar-refractivity contribution in [3.63, 3.8) is 0 Å². The molecule has 3 aromatic carbocycles. The molecule has 0 saturated heterocycles. The number of nitrogens with one attached hydrogen (secondary N) is 1. The van der Waals surface area contributed by atoms with Crippen LogP contribution in [0.2, 0.25) is 0 Å². The summed E-state index contributed by atoms with van der Waals surface area (Å²) in [6.07, 6.45) is 0.498. The van der Waals surface area contributed by atoms with E-state index in [2.05, 4.69) is 21.2 Å². The maximum absolute atomic E-state index is 13.3. The highest BCUT2D eigenvalue weighted by Crippen LogP contribution is 2.20. The van der Waals surface area contributed by atoms with Crippen molar-refractivity contribution in [2.75, 3.05) is 20.2 Å². The van der Waals surface area contributed by atoms with E-state index >= 15 is 0 Å². The maximum atomic E-state index is 13.3. The SMILES string of the molecule is COc1ccc([C@@H](C)NC(=O)CN(CCc2ccccc2)S(=O)(=O)c2ccc(Br)cc2)cc1. The Morgan fingerprint density at radius 3 is 2.24 bits per heavy atom. The van der Waals surface area contributed by atoms with Crippen LogP contribution >= 0.6 is 15.9 Å². The number of amides is 1. The van der Waals surface area contributed by atoms with Gasteiger partial charge < -0.3 is 10.1 Å². The van der Waals surface area contributed by atoms with Crippen molar-refractivity contribution in [1.82, 2.24) is 9.62 Å². The number of ether oxygens (including phenoxy) is 1. The van der Waals surface area contributed by atoms with Gasteiger partial charge in [0, 0.05) is 11.0 Å². The molecule has 33 heavy (non-hydrogen) atoms. The Kier molecular flexibility index (Phi) is 8.66. The standard InChI is InChI=1S/C25H27BrN2O4S/c1-19(21-8-12-23(32-2)13-9-21)27-25(29)18-28(17-16-20-6-4-3-5-7-20)33(30,31)24-14-10-22(26)11-15-24/h3-15,19H,16-18H2,1-2H3,(H,27,29)/t19-/m1/s1. The molecule has 0 saturated carbocycles. The first-order valence-corrected chi connectivity index (χ1v) is 12.8. The van der Waals surface area contributed by atoms with Crippen molar-refractivity contribution in [1.29, 1.82) is 0 Å². The monoisotopic (exact) mass is 530 g/mol. The van der Waals surface area contributed by atoms with Gasteiger partial charge >= 0.3 is 0 Å². The number of rotatable bonds is 10. The molecule has 6 nitrogen and oxygen atoms in total. The predicted octanol–water partition coefficient (Wildman–Crippen LogP) is 4.57. The fourth-order valence-corrected chi connectivity index (χ4v) is 5.02. The second-order valence-electron chi connectivity index (χ2n) is 7.59. The first-order valence-electron chi connectivity index (χ1n) is 10.5. The number of sulfonamides is 1. The van der Waals surface area contributed by atoms with E-state index in [1.165, 1.54) is 16.4 Å². The summed E-state index contributed by atoms with van der Waals surface area (Å²) >= 11 is 3.33. The Morgan fingerprint density at radius 1 is 1.00 bits per heavy atom. The smallest absolute Gasteiger partial charge is 0.243 e. The third-order valence-corrected chi connectivity index (χ3v) is 7.65. The average molecular weight is 531 g/mol. The summed E-state index contributed by atoms with van der Waals surface area (Å²) in [7, 11) is -2.26. The van der Waals surface area contributed by atoms with Gasteiger partial charge in [-0.05, 0) is 60.9 Å². The van der Waals surface area contributed by atoms with Gasteiger partial charge in [-0.1, -0.05) is 58.4 Å². The summed E-state index contributed by atoms with van der Waals surface area (Å²) in [4.78, 5) is 13.0. The molecule has 3 aromatic rings. The van der Waals surface area contributed by atoms with Crippen LogP contribution in [0.3, 0.4) is 0 Å². The molecule has 0 radical (unpaired) electrons. The number of benzene rings is 3. The minimum Gasteiger partial charge on any atom is -0.497 e. The van der Waals surface area contributed by atoms with Crippen LogP contribution in [0.1, 0.15) is 24.1 Å². The van der Waals surface area contributed by atoms with E-state index in [-0.39, 0.29) is 29.9 Å². The fourth-order valence-electron chi connectivity index (χ4n) is 3.36. The van der Waals surface area contributed by atoms with Crippen LogP contribution in [0.25, 0.3) is 0 Å². The summed E-state index contributed by atoms with van der Waals surface area (Å²) in [5.41, 5.74) is 1.90. The number of methoxy groups -OCH3 is 1. The Balaban J connectivity index is 1.75. The lowest BCUT2D eigenvalue weighted by atomic mass is 10.1. The highest BCUT2D eigenvalue weighted by molar-refractivity contribution is 9.10. The summed E-state index contributed by atoms with van der Waals surface area (Å²) in [5, 5.41) is 2.90. The highest BCUT2D eigenvalue weighted by atomic mass is 79.9. The molecule has 0 heterocycles. The molecule has 0 fully saturated rings. The summed E-state index contributed by atoms with van der Waals surface area (Å²) in [6.45, 7) is 1.77. The van der Waals surface area contributed by atoms with Crippen LogP contribution in [-0.4, -0.2) is 38.8 Å². The quantitative estimate of drug-likeness (QED) is 0.416. The minimum atomic E-state index is -3.86. The zero-order valence-electron chi connectivity index (χ0n) is 18.6. The van der Waals surface area contributed by atoms with Crippen molar-refractivity contribution in [3.8, 4) is 5.75 Å². The Morgan fingerprint density at radius 2 is 1.64 bits per heavy atom. The van der Waals surface area contributed by atoms with Gasteiger partial charge in [0.15, 0.2) is 0 Å². The second kappa shape index (κ2) is 11.4. The van der Waals surface area contributed by atoms with Crippen molar-refractivity contribution in [3.05, 3.63) is 94.5 Å². The highest BCUT2D eigenvalue weighted by Gasteiger charge is 2.27. The molecular weight excluding hydrogens is 504 g/mol. The number of carbonyl (C=O) groups excluding carboxylic acids is 1. The molecule has 0 unspecified atom stereocenters. The van der Waals surface area contributed by atoms with Crippen molar-refractivity contribution >= 4 is 31.9 Å². The van der Waals surface area contributed by atoms with Gasteiger partial charge in [-0.2, -0.15) is 4.31 Å². The predicted molar refractivity (Wildman–Crippen MR) is 133 cm³/mol. The first kappa shape index (κ1) is 25.0. The molecule has 1 atom stereocenters. The van der Waals surface area contributed by atoms with Crippen LogP contribution in [0.15, 0.2) is 88.2 Å². The van der Waals surface area contributed by atoms with Crippen molar-refractivity contribution < 1.29 is 17.9 Å². The Hall–Kier alpha value is -2.68. The topological polar surface area (TPSA) is 75.7 Å². The molecule has 0 aliphatic heterocycles. The van der Waals surface area contributed by atoms with E-state index in [0.29, 0.717) is 6.42 Å². The van der Waals surface area contributed by atoms with Crippen LogP contribution in [0.5, 0.6) is 5.75 Å². The number of carbonyl (C=O) groups is 1. The van der Waals surface area contributed by atoms with E-state index in [1.54, 1.807) is 19.2 Å². The van der Waals surface area contributed by atoms with E-state index < -0.39 is 10.0 Å². The van der Waals surface area contributed by atoms with E-state index in [0.717, 1.165) is 21.3 Å². The molecule has 0 aliphatic carbocycles. The van der Waals surface area contributed by atoms with Gasteiger partial charge in [0.1, 0.15) is 5.75 Å². The minimum absolute atomic E-state index is 0.148. The van der Waals surface area contributed by atoms with E-state index in [9.17, 15) is 13.2 Å². The third-order valence-electron chi connectivity index (χ3n) is 5.26. The van der Waals surface area contributed by atoms with Gasteiger partial charge in [-0.3, -0.25) is 4.79 Å². The van der Waals surface area contributed by atoms with Gasteiger partial charge in [0.25, 0.3) is 0 Å². The zero-order valence-corrected chi connectivity index (χ0v) is 21.0. The average Bonchev–Trinajstić information content (AvgIpc) is 2.82. The molecule has 174 valence electrons. The number of nitrogens with zero attached hydrogens (tertiary/aromatic N) is 1. The molecule has 0 aromatic heterocycles. The lowest BCUT2D eigenvalue weighted by molar-refractivity contribution is -0.121. The fraction of sp³-hybridized carbons (Fsp3) is 0.240. The molecular formula is C25H27BrN2O4S. The summed E-state index contributed by atoms with van der Waals surface area (Å²) < 4.78 is 33.9. The molecule has 1 amide bonds. The van der Waals surface area contributed by atoms with Gasteiger partial charge in [-0.25, -0.2) is 8.42 Å². The summed E-state index contributed by atoms with van der Waals surface area (Å²) in [5.74, 6) is 0.358. The normalized spacial score (nSPS) is 12.4. The third kappa shape index (κ3) is 6.90. The Labute approximate surface area is 203 Å². The molecule has 0 aliphatic rings. The van der Waals surface area contributed by atoms with E-state index in [4.69, 9.17) is 4.74 Å². The molecule has 8 heteroatoms. The number of halogens is 1. The maximum Gasteiger partial charge on any atom is 0.243 e.